The molecule has 0 spiro atoms. The molecule has 166 valence electrons. The van der Waals surface area contributed by atoms with E-state index in [2.05, 4.69) is 34.7 Å². The minimum atomic E-state index is -0.663. The zero-order chi connectivity index (χ0) is 22.7. The smallest absolute Gasteiger partial charge is 0.257 e. The molecule has 4 rings (SSSR count). The number of hydrogen-bond acceptors (Lipinski definition) is 3. The number of likely N-dealkylation sites (tertiary alicyclic amines) is 1. The van der Waals surface area contributed by atoms with Crippen LogP contribution in [0.25, 0.3) is 11.1 Å². The van der Waals surface area contributed by atoms with E-state index >= 15 is 0 Å². The van der Waals surface area contributed by atoms with Gasteiger partial charge in [-0.05, 0) is 43.4 Å². The van der Waals surface area contributed by atoms with Crippen LogP contribution >= 0.6 is 0 Å². The van der Waals surface area contributed by atoms with E-state index in [-0.39, 0.29) is 17.9 Å². The van der Waals surface area contributed by atoms with Crippen LogP contribution in [-0.2, 0) is 11.2 Å². The lowest BCUT2D eigenvalue weighted by Gasteiger charge is -2.28. The van der Waals surface area contributed by atoms with E-state index < -0.39 is 5.41 Å². The second-order valence-electron chi connectivity index (χ2n) is 8.84. The Morgan fingerprint density at radius 1 is 1.09 bits per heavy atom. The molecule has 2 aromatic carbocycles. The van der Waals surface area contributed by atoms with Gasteiger partial charge in [-0.2, -0.15) is 5.10 Å². The van der Waals surface area contributed by atoms with Crippen LogP contribution in [-0.4, -0.2) is 46.6 Å². The predicted octanol–water partition coefficient (Wildman–Crippen LogP) is 3.95. The van der Waals surface area contributed by atoms with Gasteiger partial charge < -0.3 is 10.2 Å². The number of hydrogen-bond donors (Lipinski definition) is 1. The first-order valence-electron chi connectivity index (χ1n) is 11.1. The quantitative estimate of drug-likeness (QED) is 0.644. The normalized spacial score (nSPS) is 18.2. The molecule has 1 saturated heterocycles. The lowest BCUT2D eigenvalue weighted by molar-refractivity contribution is -0.129. The summed E-state index contributed by atoms with van der Waals surface area (Å²) >= 11 is 0. The van der Waals surface area contributed by atoms with Gasteiger partial charge >= 0.3 is 0 Å². The highest BCUT2D eigenvalue weighted by Crippen LogP contribution is 2.38. The maximum atomic E-state index is 13.2. The Balaban J connectivity index is 1.61. The van der Waals surface area contributed by atoms with Crippen molar-refractivity contribution in [2.24, 2.45) is 5.41 Å². The lowest BCUT2D eigenvalue weighted by atomic mass is 9.78. The molecule has 1 aliphatic heterocycles. The molecular weight excluding hydrogens is 400 g/mol. The van der Waals surface area contributed by atoms with Crippen LogP contribution in [0.2, 0.25) is 0 Å². The van der Waals surface area contributed by atoms with Gasteiger partial charge in [0.1, 0.15) is 0 Å². The van der Waals surface area contributed by atoms with Gasteiger partial charge in [0.25, 0.3) is 5.91 Å². The summed E-state index contributed by atoms with van der Waals surface area (Å²) in [6, 6.07) is 18.6. The Morgan fingerprint density at radius 3 is 2.50 bits per heavy atom. The number of carbonyl (C=O) groups excluding carboxylic acids is 2. The molecule has 0 aliphatic carbocycles. The Labute approximate surface area is 189 Å². The fourth-order valence-electron chi connectivity index (χ4n) is 4.57. The van der Waals surface area contributed by atoms with Crippen molar-refractivity contribution in [2.75, 3.05) is 20.1 Å². The number of rotatable bonds is 6. The van der Waals surface area contributed by atoms with Crippen molar-refractivity contribution < 1.29 is 9.59 Å². The zero-order valence-electron chi connectivity index (χ0n) is 18.9. The summed E-state index contributed by atoms with van der Waals surface area (Å²) in [5.41, 5.74) is 3.27. The number of amides is 2. The van der Waals surface area contributed by atoms with Gasteiger partial charge in [0, 0.05) is 32.4 Å². The Bertz CT molecular complexity index is 1110. The van der Waals surface area contributed by atoms with Crippen LogP contribution in [0.1, 0.15) is 42.2 Å². The highest BCUT2D eigenvalue weighted by molar-refractivity contribution is 5.95. The van der Waals surface area contributed by atoms with Crippen molar-refractivity contribution in [1.82, 2.24) is 20.0 Å². The molecule has 32 heavy (non-hydrogen) atoms. The van der Waals surface area contributed by atoms with Gasteiger partial charge in [0.2, 0.25) is 5.91 Å². The van der Waals surface area contributed by atoms with Crippen LogP contribution in [0.15, 0.2) is 67.0 Å². The first kappa shape index (κ1) is 21.8. The summed E-state index contributed by atoms with van der Waals surface area (Å²) in [5.74, 6) is -0.0902. The fourth-order valence-corrected chi connectivity index (χ4v) is 4.57. The molecule has 2 heterocycles. The average molecular weight is 431 g/mol. The summed E-state index contributed by atoms with van der Waals surface area (Å²) in [6.07, 6.45) is 4.61. The maximum Gasteiger partial charge on any atom is 0.257 e. The molecule has 1 atom stereocenters. The molecular formula is C26H30N4O2. The van der Waals surface area contributed by atoms with Gasteiger partial charge in [-0.25, -0.2) is 0 Å². The zero-order valence-corrected chi connectivity index (χ0v) is 18.9. The molecule has 1 aliphatic rings. The van der Waals surface area contributed by atoms with Gasteiger partial charge in [-0.15, -0.1) is 0 Å². The van der Waals surface area contributed by atoms with Gasteiger partial charge in [0.15, 0.2) is 0 Å². The molecule has 1 aromatic heterocycles. The SMILES string of the molecule is CNC(=O)C1(Cc2ccccc2-c2ccccc2)CCN(C(=O)c2cnn(C(C)C)c2)C1. The van der Waals surface area contributed by atoms with Crippen molar-refractivity contribution in [3.05, 3.63) is 78.1 Å². The summed E-state index contributed by atoms with van der Waals surface area (Å²) < 4.78 is 1.78. The summed E-state index contributed by atoms with van der Waals surface area (Å²) in [4.78, 5) is 28.1. The summed E-state index contributed by atoms with van der Waals surface area (Å²) in [5, 5.41) is 7.15. The molecule has 2 amide bonds. The number of nitrogens with one attached hydrogen (secondary N) is 1. The Kier molecular flexibility index (Phi) is 6.12. The van der Waals surface area contributed by atoms with Gasteiger partial charge in [0.05, 0.1) is 17.2 Å². The number of aromatic nitrogens is 2. The fraction of sp³-hybridized carbons (Fsp3) is 0.346. The molecule has 1 N–H and O–H groups in total. The second-order valence-corrected chi connectivity index (χ2v) is 8.84. The van der Waals surface area contributed by atoms with E-state index in [0.717, 1.165) is 16.7 Å². The predicted molar refractivity (Wildman–Crippen MR) is 125 cm³/mol. The van der Waals surface area contributed by atoms with Crippen LogP contribution in [0.4, 0.5) is 0 Å². The molecule has 0 radical (unpaired) electrons. The molecule has 0 bridgehead atoms. The van der Waals surface area contributed by atoms with Crippen molar-refractivity contribution >= 4 is 11.8 Å². The minimum absolute atomic E-state index is 0.0199. The highest BCUT2D eigenvalue weighted by Gasteiger charge is 2.46. The Morgan fingerprint density at radius 2 is 1.81 bits per heavy atom. The van der Waals surface area contributed by atoms with Crippen LogP contribution < -0.4 is 5.32 Å². The number of nitrogens with zero attached hydrogens (tertiary/aromatic N) is 3. The summed E-state index contributed by atoms with van der Waals surface area (Å²) in [6.45, 7) is 4.99. The van der Waals surface area contributed by atoms with Gasteiger partial charge in [-0.1, -0.05) is 54.6 Å². The van der Waals surface area contributed by atoms with Crippen molar-refractivity contribution in [2.45, 2.75) is 32.7 Å². The van der Waals surface area contributed by atoms with Gasteiger partial charge in [-0.3, -0.25) is 14.3 Å². The van der Waals surface area contributed by atoms with E-state index in [1.807, 2.05) is 44.2 Å². The van der Waals surface area contributed by atoms with E-state index in [1.54, 1.807) is 29.0 Å². The lowest BCUT2D eigenvalue weighted by Crippen LogP contribution is -2.44. The topological polar surface area (TPSA) is 67.2 Å². The van der Waals surface area contributed by atoms with E-state index in [9.17, 15) is 9.59 Å². The standard InChI is InChI=1S/C26H30N4O2/c1-19(2)30-17-22(16-28-30)24(31)29-14-13-26(18-29,25(32)27-3)15-21-11-7-8-12-23(21)20-9-5-4-6-10-20/h4-12,16-17,19H,13-15,18H2,1-3H3,(H,27,32). The third-order valence-electron chi connectivity index (χ3n) is 6.36. The number of carbonyl (C=O) groups is 2. The molecule has 0 saturated carbocycles. The van der Waals surface area contributed by atoms with Crippen molar-refractivity contribution in [3.8, 4) is 11.1 Å². The largest absolute Gasteiger partial charge is 0.359 e. The first-order chi connectivity index (χ1) is 15.4. The molecule has 6 nitrogen and oxygen atoms in total. The van der Waals surface area contributed by atoms with Crippen LogP contribution in [0, 0.1) is 5.41 Å². The average Bonchev–Trinajstić information content (AvgIpc) is 3.48. The maximum absolute atomic E-state index is 13.2. The van der Waals surface area contributed by atoms with Crippen LogP contribution in [0.3, 0.4) is 0 Å². The minimum Gasteiger partial charge on any atom is -0.359 e. The first-order valence-corrected chi connectivity index (χ1v) is 11.1. The molecule has 1 fully saturated rings. The van der Waals surface area contributed by atoms with E-state index in [1.165, 1.54) is 0 Å². The third-order valence-corrected chi connectivity index (χ3v) is 6.36. The van der Waals surface area contributed by atoms with Crippen molar-refractivity contribution in [1.29, 1.82) is 0 Å². The monoisotopic (exact) mass is 430 g/mol. The molecule has 6 heteroatoms. The Hall–Kier alpha value is -3.41. The van der Waals surface area contributed by atoms with E-state index in [0.29, 0.717) is 31.5 Å². The van der Waals surface area contributed by atoms with E-state index in [4.69, 9.17) is 0 Å². The third kappa shape index (κ3) is 4.17. The highest BCUT2D eigenvalue weighted by atomic mass is 16.2. The number of benzene rings is 2. The summed E-state index contributed by atoms with van der Waals surface area (Å²) in [7, 11) is 1.67. The molecule has 3 aromatic rings. The van der Waals surface area contributed by atoms with Crippen molar-refractivity contribution in [3.63, 3.8) is 0 Å². The second kappa shape index (κ2) is 8.99. The molecule has 1 unspecified atom stereocenters. The van der Waals surface area contributed by atoms with Crippen LogP contribution in [0.5, 0.6) is 0 Å².